The van der Waals surface area contributed by atoms with Crippen molar-refractivity contribution in [3.8, 4) is 0 Å². The molecule has 1 amide bonds. The summed E-state index contributed by atoms with van der Waals surface area (Å²) >= 11 is 3.31. The Kier molecular flexibility index (Phi) is 6.45. The lowest BCUT2D eigenvalue weighted by molar-refractivity contribution is -0.127. The van der Waals surface area contributed by atoms with Gasteiger partial charge in [-0.3, -0.25) is 4.79 Å². The summed E-state index contributed by atoms with van der Waals surface area (Å²) in [5.74, 6) is 0.311. The Morgan fingerprint density at radius 2 is 1.71 bits per heavy atom. The van der Waals surface area contributed by atoms with E-state index in [1.165, 1.54) is 4.31 Å². The number of nitrogens with zero attached hydrogens (tertiary/aromatic N) is 1. The third-order valence-corrected chi connectivity index (χ3v) is 7.09. The highest BCUT2D eigenvalue weighted by Crippen LogP contribution is 2.25. The van der Waals surface area contributed by atoms with Gasteiger partial charge in [-0.25, -0.2) is 8.42 Å². The highest BCUT2D eigenvalue weighted by atomic mass is 79.9. The van der Waals surface area contributed by atoms with Gasteiger partial charge in [0.1, 0.15) is 0 Å². The molecule has 1 atom stereocenters. The van der Waals surface area contributed by atoms with Gasteiger partial charge in [-0.05, 0) is 49.9 Å². The third-order valence-electron chi connectivity index (χ3n) is 4.65. The van der Waals surface area contributed by atoms with Crippen LogP contribution < -0.4 is 5.32 Å². The predicted octanol–water partition coefficient (Wildman–Crippen LogP) is 3.01. The first-order valence-corrected chi connectivity index (χ1v) is 10.5. The topological polar surface area (TPSA) is 66.5 Å². The number of amides is 1. The summed E-state index contributed by atoms with van der Waals surface area (Å²) in [6.07, 6.45) is 1.12. The van der Waals surface area contributed by atoms with Crippen molar-refractivity contribution in [1.29, 1.82) is 0 Å². The van der Waals surface area contributed by atoms with Gasteiger partial charge in [-0.15, -0.1) is 0 Å². The highest BCUT2D eigenvalue weighted by Gasteiger charge is 2.32. The molecular weight excluding hydrogens is 392 g/mol. The molecule has 0 aliphatic carbocycles. The SMILES string of the molecule is CC(C)C(C)NC(=O)C1CCN(S(=O)(=O)c2ccc(Br)cc2)CC1. The Labute approximate surface area is 153 Å². The minimum absolute atomic E-state index is 0.0388. The molecule has 1 aromatic rings. The summed E-state index contributed by atoms with van der Waals surface area (Å²) in [6.45, 7) is 6.89. The average Bonchev–Trinajstić information content (AvgIpc) is 2.55. The van der Waals surface area contributed by atoms with Crippen molar-refractivity contribution in [3.63, 3.8) is 0 Å². The number of benzene rings is 1. The van der Waals surface area contributed by atoms with Crippen molar-refractivity contribution in [2.45, 2.75) is 44.6 Å². The van der Waals surface area contributed by atoms with Gasteiger partial charge in [0.25, 0.3) is 0 Å². The van der Waals surface area contributed by atoms with Crippen molar-refractivity contribution in [2.75, 3.05) is 13.1 Å². The van der Waals surface area contributed by atoms with Crippen LogP contribution >= 0.6 is 15.9 Å². The van der Waals surface area contributed by atoms with Crippen molar-refractivity contribution >= 4 is 31.9 Å². The fourth-order valence-electron chi connectivity index (χ4n) is 2.62. The predicted molar refractivity (Wildman–Crippen MR) is 98.1 cm³/mol. The molecular formula is C17H25BrN2O3S. The zero-order valence-corrected chi connectivity index (χ0v) is 16.7. The van der Waals surface area contributed by atoms with E-state index in [0.717, 1.165) is 4.47 Å². The average molecular weight is 417 g/mol. The normalized spacial score (nSPS) is 18.5. The molecule has 134 valence electrons. The number of nitrogens with one attached hydrogen (secondary N) is 1. The second kappa shape index (κ2) is 7.97. The number of piperidine rings is 1. The summed E-state index contributed by atoms with van der Waals surface area (Å²) in [7, 11) is -3.48. The fourth-order valence-corrected chi connectivity index (χ4v) is 4.36. The van der Waals surface area contributed by atoms with Crippen LogP contribution in [0.2, 0.25) is 0 Å². The van der Waals surface area contributed by atoms with Gasteiger partial charge >= 0.3 is 0 Å². The summed E-state index contributed by atoms with van der Waals surface area (Å²) in [5.41, 5.74) is 0. The van der Waals surface area contributed by atoms with E-state index in [-0.39, 0.29) is 17.9 Å². The van der Waals surface area contributed by atoms with Crippen LogP contribution in [0.25, 0.3) is 0 Å². The Morgan fingerprint density at radius 1 is 1.17 bits per heavy atom. The Hall–Kier alpha value is -0.920. The number of hydrogen-bond acceptors (Lipinski definition) is 3. The Bertz CT molecular complexity index is 666. The lowest BCUT2D eigenvalue weighted by Crippen LogP contribution is -2.45. The highest BCUT2D eigenvalue weighted by molar-refractivity contribution is 9.10. The van der Waals surface area contributed by atoms with E-state index in [1.54, 1.807) is 24.3 Å². The maximum absolute atomic E-state index is 12.7. The van der Waals surface area contributed by atoms with Gasteiger partial charge in [-0.2, -0.15) is 4.31 Å². The van der Waals surface area contributed by atoms with Gasteiger partial charge in [-0.1, -0.05) is 29.8 Å². The molecule has 1 aliphatic heterocycles. The maximum Gasteiger partial charge on any atom is 0.243 e. The standard InChI is InChI=1S/C17H25BrN2O3S/c1-12(2)13(3)19-17(21)14-8-10-20(11-9-14)24(22,23)16-6-4-15(18)5-7-16/h4-7,12-14H,8-11H2,1-3H3,(H,19,21). The molecule has 2 rings (SSSR count). The molecule has 1 heterocycles. The summed E-state index contributed by atoms with van der Waals surface area (Å²) in [5, 5.41) is 3.03. The molecule has 1 saturated heterocycles. The van der Waals surface area contributed by atoms with E-state index < -0.39 is 10.0 Å². The Balaban J connectivity index is 1.97. The number of halogens is 1. The van der Waals surface area contributed by atoms with Crippen LogP contribution in [0.5, 0.6) is 0 Å². The van der Waals surface area contributed by atoms with E-state index in [4.69, 9.17) is 0 Å². The maximum atomic E-state index is 12.7. The number of carbonyl (C=O) groups is 1. The van der Waals surface area contributed by atoms with Gasteiger partial charge < -0.3 is 5.32 Å². The van der Waals surface area contributed by atoms with Gasteiger partial charge in [0.2, 0.25) is 15.9 Å². The first kappa shape index (κ1) is 19.4. The minimum atomic E-state index is -3.48. The lowest BCUT2D eigenvalue weighted by Gasteiger charge is -2.31. The molecule has 0 aromatic heterocycles. The van der Waals surface area contributed by atoms with Crippen LogP contribution in [0.1, 0.15) is 33.6 Å². The van der Waals surface area contributed by atoms with Crippen molar-refractivity contribution in [3.05, 3.63) is 28.7 Å². The van der Waals surface area contributed by atoms with Crippen LogP contribution in [0.3, 0.4) is 0 Å². The van der Waals surface area contributed by atoms with E-state index in [0.29, 0.717) is 36.7 Å². The molecule has 0 bridgehead atoms. The quantitative estimate of drug-likeness (QED) is 0.801. The molecule has 0 radical (unpaired) electrons. The number of carbonyl (C=O) groups excluding carboxylic acids is 1. The second-order valence-corrected chi connectivity index (χ2v) is 9.53. The molecule has 1 N–H and O–H groups in total. The summed E-state index contributed by atoms with van der Waals surface area (Å²) in [6, 6.07) is 6.77. The third kappa shape index (κ3) is 4.58. The van der Waals surface area contributed by atoms with Crippen molar-refractivity contribution in [2.24, 2.45) is 11.8 Å². The minimum Gasteiger partial charge on any atom is -0.353 e. The molecule has 24 heavy (non-hydrogen) atoms. The van der Waals surface area contributed by atoms with Crippen LogP contribution in [-0.4, -0.2) is 37.8 Å². The molecule has 5 nitrogen and oxygen atoms in total. The van der Waals surface area contributed by atoms with Gasteiger partial charge in [0, 0.05) is 29.5 Å². The van der Waals surface area contributed by atoms with E-state index in [1.807, 2.05) is 6.92 Å². The van der Waals surface area contributed by atoms with E-state index in [9.17, 15) is 13.2 Å². The Morgan fingerprint density at radius 3 is 2.21 bits per heavy atom. The zero-order chi connectivity index (χ0) is 17.9. The first-order valence-electron chi connectivity index (χ1n) is 8.28. The zero-order valence-electron chi connectivity index (χ0n) is 14.3. The van der Waals surface area contributed by atoms with Crippen molar-refractivity contribution < 1.29 is 13.2 Å². The van der Waals surface area contributed by atoms with Crippen LogP contribution in [-0.2, 0) is 14.8 Å². The molecule has 0 saturated carbocycles. The van der Waals surface area contributed by atoms with Gasteiger partial charge in [0.05, 0.1) is 4.90 Å². The molecule has 1 aliphatic rings. The fraction of sp³-hybridized carbons (Fsp3) is 0.588. The number of hydrogen-bond donors (Lipinski definition) is 1. The van der Waals surface area contributed by atoms with Crippen LogP contribution in [0, 0.1) is 11.8 Å². The number of rotatable bonds is 5. The molecule has 1 fully saturated rings. The van der Waals surface area contributed by atoms with Crippen molar-refractivity contribution in [1.82, 2.24) is 9.62 Å². The summed E-state index contributed by atoms with van der Waals surface area (Å²) < 4.78 is 27.6. The van der Waals surface area contributed by atoms with Crippen LogP contribution in [0.4, 0.5) is 0 Å². The monoisotopic (exact) mass is 416 g/mol. The summed E-state index contributed by atoms with van der Waals surface area (Å²) in [4.78, 5) is 12.6. The lowest BCUT2D eigenvalue weighted by atomic mass is 9.96. The molecule has 1 unspecified atom stereocenters. The van der Waals surface area contributed by atoms with E-state index >= 15 is 0 Å². The number of sulfonamides is 1. The van der Waals surface area contributed by atoms with E-state index in [2.05, 4.69) is 35.1 Å². The smallest absolute Gasteiger partial charge is 0.243 e. The molecule has 7 heteroatoms. The largest absolute Gasteiger partial charge is 0.353 e. The van der Waals surface area contributed by atoms with Gasteiger partial charge in [0.15, 0.2) is 0 Å². The first-order chi connectivity index (χ1) is 11.2. The molecule has 0 spiro atoms. The second-order valence-electron chi connectivity index (χ2n) is 6.67. The van der Waals surface area contributed by atoms with Crippen LogP contribution in [0.15, 0.2) is 33.6 Å². The molecule has 1 aromatic carbocycles.